The van der Waals surface area contributed by atoms with E-state index in [1.165, 1.54) is 0 Å². The molecule has 0 fully saturated rings. The van der Waals surface area contributed by atoms with Gasteiger partial charge in [0.2, 0.25) is 5.91 Å². The molecule has 2 N–H and O–H groups in total. The van der Waals surface area contributed by atoms with Crippen LogP contribution in [0.15, 0.2) is 12.1 Å². The van der Waals surface area contributed by atoms with Gasteiger partial charge in [-0.15, -0.1) is 0 Å². The fourth-order valence-corrected chi connectivity index (χ4v) is 2.09. The van der Waals surface area contributed by atoms with E-state index < -0.39 is 34.7 Å². The molecule has 9 heteroatoms. The Kier molecular flexibility index (Phi) is 3.42. The second-order valence-corrected chi connectivity index (χ2v) is 4.69. The summed E-state index contributed by atoms with van der Waals surface area (Å²) in [7, 11) is 0. The predicted octanol–water partition coefficient (Wildman–Crippen LogP) is 3.07. The molecule has 1 aromatic carbocycles. The maximum Gasteiger partial charge on any atom is 0.456 e. The summed E-state index contributed by atoms with van der Waals surface area (Å²) < 4.78 is 62.9. The second-order valence-electron chi connectivity index (χ2n) is 4.28. The number of alkyl halides is 5. The van der Waals surface area contributed by atoms with E-state index in [1.807, 2.05) is 0 Å². The quantitative estimate of drug-likeness (QED) is 0.824. The summed E-state index contributed by atoms with van der Waals surface area (Å²) in [5.41, 5.74) is -0.345. The van der Waals surface area contributed by atoms with Gasteiger partial charge in [0, 0.05) is 16.3 Å². The van der Waals surface area contributed by atoms with Crippen molar-refractivity contribution in [2.24, 2.45) is 0 Å². The van der Waals surface area contributed by atoms with Gasteiger partial charge in [-0.25, -0.2) is 0 Å². The summed E-state index contributed by atoms with van der Waals surface area (Å²) >= 11 is 5.59. The van der Waals surface area contributed by atoms with Gasteiger partial charge >= 0.3 is 12.1 Å². The highest BCUT2D eigenvalue weighted by Crippen LogP contribution is 2.46. The molecule has 0 aromatic heterocycles. The molecule has 0 saturated carbocycles. The molecular weight excluding hydrogens is 309 g/mol. The van der Waals surface area contributed by atoms with Crippen LogP contribution in [0, 0.1) is 0 Å². The maximum absolute atomic E-state index is 13.1. The Balaban J connectivity index is 2.44. The fraction of sp³-hybridized carbons (Fsp3) is 0.364. The number of nitrogens with one attached hydrogen (secondary N) is 1. The molecule has 0 aliphatic carbocycles. The van der Waals surface area contributed by atoms with Crippen LogP contribution >= 0.6 is 11.6 Å². The monoisotopic (exact) mass is 315 g/mol. The highest BCUT2D eigenvalue weighted by Gasteiger charge is 2.63. The van der Waals surface area contributed by atoms with Crippen molar-refractivity contribution in [3.05, 3.63) is 28.3 Å². The Morgan fingerprint density at radius 1 is 1.25 bits per heavy atom. The number of rotatable bonds is 2. The summed E-state index contributed by atoms with van der Waals surface area (Å²) in [6, 6.07) is 1.91. The first-order chi connectivity index (χ1) is 9.04. The molecule has 1 aliphatic heterocycles. The first-order valence-corrected chi connectivity index (χ1v) is 5.66. The van der Waals surface area contributed by atoms with Gasteiger partial charge < -0.3 is 10.4 Å². The van der Waals surface area contributed by atoms with Crippen molar-refractivity contribution in [3.63, 3.8) is 0 Å². The SMILES string of the molecule is O=C1Cc2cc(C(O)C(F)(F)C(F)(F)F)c(Cl)cc2N1. The Bertz CT molecular complexity index is 573. The van der Waals surface area contributed by atoms with Gasteiger partial charge in [-0.2, -0.15) is 22.0 Å². The zero-order chi connectivity index (χ0) is 15.3. The van der Waals surface area contributed by atoms with E-state index in [2.05, 4.69) is 5.32 Å². The van der Waals surface area contributed by atoms with Gasteiger partial charge in [-0.05, 0) is 17.7 Å². The number of hydrogen-bond donors (Lipinski definition) is 2. The highest BCUT2D eigenvalue weighted by molar-refractivity contribution is 6.32. The lowest BCUT2D eigenvalue weighted by Gasteiger charge is -2.25. The standard InChI is InChI=1S/C11H7ClF5NO2/c12-6-3-7-4(2-8(19)18-7)1-5(6)9(20)10(13,14)11(15,16)17/h1,3,9,20H,2H2,(H,18,19). The number of fused-ring (bicyclic) bond motifs is 1. The second kappa shape index (κ2) is 4.56. The number of benzene rings is 1. The van der Waals surface area contributed by atoms with Crippen LogP contribution in [0.5, 0.6) is 0 Å². The molecule has 0 bridgehead atoms. The molecule has 2 rings (SSSR count). The lowest BCUT2D eigenvalue weighted by molar-refractivity contribution is -0.315. The third kappa shape index (κ3) is 2.33. The van der Waals surface area contributed by atoms with Gasteiger partial charge in [-0.1, -0.05) is 11.6 Å². The first kappa shape index (κ1) is 15.0. The van der Waals surface area contributed by atoms with E-state index in [0.29, 0.717) is 0 Å². The van der Waals surface area contributed by atoms with Crippen molar-refractivity contribution >= 4 is 23.2 Å². The van der Waals surface area contributed by atoms with E-state index >= 15 is 0 Å². The largest absolute Gasteiger partial charge is 0.456 e. The predicted molar refractivity (Wildman–Crippen MR) is 59.7 cm³/mol. The number of hydrogen-bond acceptors (Lipinski definition) is 2. The Labute approximate surface area is 114 Å². The van der Waals surface area contributed by atoms with Crippen LogP contribution in [0.25, 0.3) is 0 Å². The Hall–Kier alpha value is -1.41. The third-order valence-electron chi connectivity index (χ3n) is 2.86. The minimum absolute atomic E-state index is 0.177. The topological polar surface area (TPSA) is 49.3 Å². The van der Waals surface area contributed by atoms with Gasteiger partial charge in [0.25, 0.3) is 0 Å². The number of carbonyl (C=O) groups is 1. The van der Waals surface area contributed by atoms with E-state index in [1.54, 1.807) is 0 Å². The van der Waals surface area contributed by atoms with Gasteiger partial charge in [0.1, 0.15) is 0 Å². The minimum atomic E-state index is -5.91. The fourth-order valence-electron chi connectivity index (χ4n) is 1.83. The molecule has 0 saturated heterocycles. The lowest BCUT2D eigenvalue weighted by Crippen LogP contribution is -2.42. The van der Waals surface area contributed by atoms with Crippen molar-refractivity contribution in [1.29, 1.82) is 0 Å². The molecule has 1 unspecified atom stereocenters. The van der Waals surface area contributed by atoms with Crippen LogP contribution in [-0.4, -0.2) is 23.1 Å². The highest BCUT2D eigenvalue weighted by atomic mass is 35.5. The Morgan fingerprint density at radius 2 is 1.85 bits per heavy atom. The average Bonchev–Trinajstić information content (AvgIpc) is 2.64. The molecule has 1 aromatic rings. The zero-order valence-electron chi connectivity index (χ0n) is 9.56. The van der Waals surface area contributed by atoms with Crippen LogP contribution in [-0.2, 0) is 11.2 Å². The number of aliphatic hydroxyl groups is 1. The van der Waals surface area contributed by atoms with Crippen molar-refractivity contribution < 1.29 is 31.9 Å². The molecule has 0 radical (unpaired) electrons. The Morgan fingerprint density at radius 3 is 2.40 bits per heavy atom. The zero-order valence-corrected chi connectivity index (χ0v) is 10.3. The van der Waals surface area contributed by atoms with Crippen molar-refractivity contribution in [3.8, 4) is 0 Å². The number of anilines is 1. The molecule has 0 spiro atoms. The van der Waals surface area contributed by atoms with Crippen LogP contribution in [0.2, 0.25) is 5.02 Å². The van der Waals surface area contributed by atoms with Crippen molar-refractivity contribution in [2.75, 3.05) is 5.32 Å². The normalized spacial score (nSPS) is 16.9. The van der Waals surface area contributed by atoms with Crippen LogP contribution in [0.3, 0.4) is 0 Å². The third-order valence-corrected chi connectivity index (χ3v) is 3.19. The average molecular weight is 316 g/mol. The number of halogens is 6. The first-order valence-electron chi connectivity index (χ1n) is 5.29. The van der Waals surface area contributed by atoms with Crippen molar-refractivity contribution in [2.45, 2.75) is 24.6 Å². The van der Waals surface area contributed by atoms with E-state index in [9.17, 15) is 31.9 Å². The summed E-state index contributed by atoms with van der Waals surface area (Å²) in [4.78, 5) is 11.1. The molecule has 3 nitrogen and oxygen atoms in total. The number of amides is 1. The molecule has 1 atom stereocenters. The number of aliphatic hydroxyl groups excluding tert-OH is 1. The molecule has 110 valence electrons. The summed E-state index contributed by atoms with van der Waals surface area (Å²) in [5.74, 6) is -5.79. The van der Waals surface area contributed by atoms with Gasteiger partial charge in [0.15, 0.2) is 6.10 Å². The lowest BCUT2D eigenvalue weighted by atomic mass is 9.99. The van der Waals surface area contributed by atoms with Gasteiger partial charge in [0.05, 0.1) is 6.42 Å². The molecule has 20 heavy (non-hydrogen) atoms. The van der Waals surface area contributed by atoms with Crippen molar-refractivity contribution in [1.82, 2.24) is 0 Å². The van der Waals surface area contributed by atoms with Crippen LogP contribution < -0.4 is 5.32 Å². The molecular formula is C11H7ClF5NO2. The van der Waals surface area contributed by atoms with Crippen LogP contribution in [0.1, 0.15) is 17.2 Å². The van der Waals surface area contributed by atoms with E-state index in [4.69, 9.17) is 11.6 Å². The summed E-state index contributed by atoms with van der Waals surface area (Å²) in [5, 5.41) is 11.2. The maximum atomic E-state index is 13.1. The molecule has 1 heterocycles. The van der Waals surface area contributed by atoms with Gasteiger partial charge in [-0.3, -0.25) is 4.79 Å². The van der Waals surface area contributed by atoms with Crippen LogP contribution in [0.4, 0.5) is 27.6 Å². The summed E-state index contributed by atoms with van der Waals surface area (Å²) in [6.07, 6.45) is -9.23. The van der Waals surface area contributed by atoms with E-state index in [-0.39, 0.29) is 17.7 Å². The number of carbonyl (C=O) groups excluding carboxylic acids is 1. The minimum Gasteiger partial charge on any atom is -0.382 e. The van der Waals surface area contributed by atoms with E-state index in [0.717, 1.165) is 12.1 Å². The summed E-state index contributed by atoms with van der Waals surface area (Å²) in [6.45, 7) is 0. The molecule has 1 aliphatic rings. The molecule has 1 amide bonds. The smallest absolute Gasteiger partial charge is 0.382 e.